The Bertz CT molecular complexity index is 1100. The van der Waals surface area contributed by atoms with E-state index in [1.165, 1.54) is 17.5 Å². The molecule has 3 heterocycles. The molecule has 0 aliphatic heterocycles. The first kappa shape index (κ1) is 13.5. The molecule has 23 heavy (non-hydrogen) atoms. The summed E-state index contributed by atoms with van der Waals surface area (Å²) in [4.78, 5) is 8.87. The van der Waals surface area contributed by atoms with Crippen molar-refractivity contribution >= 4 is 16.6 Å². The fourth-order valence-corrected chi connectivity index (χ4v) is 2.96. The Morgan fingerprint density at radius 2 is 1.91 bits per heavy atom. The van der Waals surface area contributed by atoms with Crippen LogP contribution in [0.3, 0.4) is 0 Å². The molecule has 4 rings (SSSR count). The van der Waals surface area contributed by atoms with Gasteiger partial charge in [0, 0.05) is 11.8 Å². The molecule has 0 unspecified atom stereocenters. The first-order valence-electron chi connectivity index (χ1n) is 7.42. The number of rotatable bonds is 1. The summed E-state index contributed by atoms with van der Waals surface area (Å²) in [5.41, 5.74) is 7.37. The lowest BCUT2D eigenvalue weighted by Gasteiger charge is -2.07. The minimum atomic E-state index is 0.591. The number of nitrogens with zero attached hydrogens (tertiary/aromatic N) is 4. The van der Waals surface area contributed by atoms with Gasteiger partial charge >= 0.3 is 0 Å². The van der Waals surface area contributed by atoms with Crippen LogP contribution in [0.25, 0.3) is 27.8 Å². The molecule has 0 aliphatic carbocycles. The maximum absolute atomic E-state index is 9.54. The lowest BCUT2D eigenvalue weighted by atomic mass is 10.0. The first-order chi connectivity index (χ1) is 11.2. The summed E-state index contributed by atoms with van der Waals surface area (Å²) in [5, 5.41) is 9.54. The average Bonchev–Trinajstić information content (AvgIpc) is 2.91. The van der Waals surface area contributed by atoms with Crippen LogP contribution in [-0.4, -0.2) is 14.4 Å². The summed E-state index contributed by atoms with van der Waals surface area (Å²) < 4.78 is 2.00. The van der Waals surface area contributed by atoms with Crippen LogP contribution in [0.1, 0.15) is 16.7 Å². The molecule has 4 heteroatoms. The summed E-state index contributed by atoms with van der Waals surface area (Å²) in [6, 6.07) is 14.4. The van der Waals surface area contributed by atoms with E-state index in [0.717, 1.165) is 22.3 Å². The third-order valence-electron chi connectivity index (χ3n) is 4.31. The topological polar surface area (TPSA) is 54.0 Å². The summed E-state index contributed by atoms with van der Waals surface area (Å²) in [6.07, 6.45) is 3.49. The molecule has 1 aromatic carbocycles. The molecule has 0 aliphatic rings. The number of hydrogen-bond donors (Lipinski definition) is 0. The Morgan fingerprint density at radius 3 is 2.70 bits per heavy atom. The third kappa shape index (κ3) is 1.91. The van der Waals surface area contributed by atoms with E-state index < -0.39 is 0 Å². The molecule has 0 amide bonds. The highest BCUT2D eigenvalue weighted by molar-refractivity contribution is 5.99. The molecule has 3 aromatic heterocycles. The Kier molecular flexibility index (Phi) is 2.88. The van der Waals surface area contributed by atoms with Gasteiger partial charge < -0.3 is 4.40 Å². The summed E-state index contributed by atoms with van der Waals surface area (Å²) in [6.45, 7) is 4.18. The Hall–Kier alpha value is -3.19. The lowest BCUT2D eigenvalue weighted by Crippen LogP contribution is -1.92. The van der Waals surface area contributed by atoms with Gasteiger partial charge in [-0.3, -0.25) is 0 Å². The molecule has 0 radical (unpaired) electrons. The van der Waals surface area contributed by atoms with Gasteiger partial charge in [0.05, 0.1) is 16.7 Å². The SMILES string of the molecule is Cc1ccc(-c2ncnc3c(C#N)c4ccccn4c23)cc1C. The Morgan fingerprint density at radius 1 is 1.04 bits per heavy atom. The van der Waals surface area contributed by atoms with Gasteiger partial charge in [0.15, 0.2) is 0 Å². The zero-order chi connectivity index (χ0) is 16.0. The van der Waals surface area contributed by atoms with E-state index in [0.29, 0.717) is 11.1 Å². The van der Waals surface area contributed by atoms with Gasteiger partial charge in [-0.15, -0.1) is 0 Å². The van der Waals surface area contributed by atoms with Crippen LogP contribution in [-0.2, 0) is 0 Å². The average molecular weight is 298 g/mol. The second-order valence-electron chi connectivity index (χ2n) is 5.66. The summed E-state index contributed by atoms with van der Waals surface area (Å²) in [7, 11) is 0. The van der Waals surface area contributed by atoms with Crippen molar-refractivity contribution in [3.8, 4) is 17.3 Å². The minimum absolute atomic E-state index is 0.591. The predicted octanol–water partition coefficient (Wildman–Crippen LogP) is 4.04. The number of pyridine rings is 1. The second kappa shape index (κ2) is 4.92. The van der Waals surface area contributed by atoms with Gasteiger partial charge in [0.1, 0.15) is 23.5 Å². The Balaban J connectivity index is 2.17. The van der Waals surface area contributed by atoms with Crippen molar-refractivity contribution in [2.75, 3.05) is 0 Å². The van der Waals surface area contributed by atoms with Crippen LogP contribution < -0.4 is 0 Å². The fourth-order valence-electron chi connectivity index (χ4n) is 2.96. The molecule has 0 spiro atoms. The molecular formula is C19H14N4. The minimum Gasteiger partial charge on any atom is -0.312 e. The second-order valence-corrected chi connectivity index (χ2v) is 5.66. The number of nitriles is 1. The highest BCUT2D eigenvalue weighted by Gasteiger charge is 2.17. The zero-order valence-electron chi connectivity index (χ0n) is 12.9. The molecule has 0 fully saturated rings. The highest BCUT2D eigenvalue weighted by Crippen LogP contribution is 2.31. The number of fused-ring (bicyclic) bond motifs is 3. The van der Waals surface area contributed by atoms with Crippen LogP contribution >= 0.6 is 0 Å². The monoisotopic (exact) mass is 298 g/mol. The van der Waals surface area contributed by atoms with Gasteiger partial charge in [0.25, 0.3) is 0 Å². The summed E-state index contributed by atoms with van der Waals surface area (Å²) in [5.74, 6) is 0. The third-order valence-corrected chi connectivity index (χ3v) is 4.31. The van der Waals surface area contributed by atoms with E-state index in [1.54, 1.807) is 0 Å². The van der Waals surface area contributed by atoms with E-state index in [9.17, 15) is 5.26 Å². The van der Waals surface area contributed by atoms with Crippen LogP contribution in [0.5, 0.6) is 0 Å². The normalized spacial score (nSPS) is 11.0. The molecule has 0 N–H and O–H groups in total. The van der Waals surface area contributed by atoms with Gasteiger partial charge in [-0.2, -0.15) is 5.26 Å². The lowest BCUT2D eigenvalue weighted by molar-refractivity contribution is 1.18. The standard InChI is InChI=1S/C19H14N4/c1-12-6-7-14(9-13(12)2)17-19-18(22-11-21-17)15(10-20)16-5-3-4-8-23(16)19/h3-9,11H,1-2H3. The van der Waals surface area contributed by atoms with Gasteiger partial charge in [-0.05, 0) is 43.2 Å². The number of aryl methyl sites for hydroxylation is 2. The first-order valence-corrected chi connectivity index (χ1v) is 7.42. The van der Waals surface area contributed by atoms with Crippen LogP contribution in [0.2, 0.25) is 0 Å². The molecular weight excluding hydrogens is 284 g/mol. The highest BCUT2D eigenvalue weighted by atomic mass is 15.0. The molecule has 4 aromatic rings. The van der Waals surface area contributed by atoms with Crippen LogP contribution in [0, 0.1) is 25.2 Å². The fraction of sp³-hybridized carbons (Fsp3) is 0.105. The van der Waals surface area contributed by atoms with Crippen molar-refractivity contribution in [2.45, 2.75) is 13.8 Å². The molecule has 4 nitrogen and oxygen atoms in total. The van der Waals surface area contributed by atoms with Crippen molar-refractivity contribution in [2.24, 2.45) is 0 Å². The number of hydrogen-bond acceptors (Lipinski definition) is 3. The largest absolute Gasteiger partial charge is 0.312 e. The Labute approximate surface area is 133 Å². The van der Waals surface area contributed by atoms with Gasteiger partial charge in [-0.1, -0.05) is 18.2 Å². The van der Waals surface area contributed by atoms with Crippen molar-refractivity contribution in [1.82, 2.24) is 14.4 Å². The maximum Gasteiger partial charge on any atom is 0.116 e. The zero-order valence-corrected chi connectivity index (χ0v) is 12.9. The smallest absolute Gasteiger partial charge is 0.116 e. The molecule has 0 atom stereocenters. The van der Waals surface area contributed by atoms with Gasteiger partial charge in [0.2, 0.25) is 0 Å². The van der Waals surface area contributed by atoms with Gasteiger partial charge in [-0.25, -0.2) is 9.97 Å². The van der Waals surface area contributed by atoms with Crippen molar-refractivity contribution in [3.05, 3.63) is 65.6 Å². The predicted molar refractivity (Wildman–Crippen MR) is 90.1 cm³/mol. The van der Waals surface area contributed by atoms with Crippen LogP contribution in [0.15, 0.2) is 48.9 Å². The molecule has 0 bridgehead atoms. The van der Waals surface area contributed by atoms with E-state index in [1.807, 2.05) is 28.8 Å². The van der Waals surface area contributed by atoms with Crippen molar-refractivity contribution in [1.29, 1.82) is 5.26 Å². The molecule has 0 saturated heterocycles. The van der Waals surface area contributed by atoms with Crippen LogP contribution in [0.4, 0.5) is 0 Å². The van der Waals surface area contributed by atoms with E-state index in [4.69, 9.17) is 0 Å². The molecule has 110 valence electrons. The van der Waals surface area contributed by atoms with Crippen molar-refractivity contribution < 1.29 is 0 Å². The molecule has 0 saturated carbocycles. The summed E-state index contributed by atoms with van der Waals surface area (Å²) >= 11 is 0. The number of aromatic nitrogens is 3. The maximum atomic E-state index is 9.54. The quantitative estimate of drug-likeness (QED) is 0.533. The number of benzene rings is 1. The van der Waals surface area contributed by atoms with E-state index >= 15 is 0 Å². The van der Waals surface area contributed by atoms with Crippen molar-refractivity contribution in [3.63, 3.8) is 0 Å². The van der Waals surface area contributed by atoms with E-state index in [2.05, 4.69) is 48.1 Å². The van der Waals surface area contributed by atoms with E-state index in [-0.39, 0.29) is 0 Å².